The molecule has 1 heterocycles. The molecule has 5 heteroatoms. The Kier molecular flexibility index (Phi) is 6.55. The number of aryl methyl sites for hydroxylation is 2. The molecule has 0 unspecified atom stereocenters. The highest BCUT2D eigenvalue weighted by Gasteiger charge is 2.24. The van der Waals surface area contributed by atoms with E-state index in [1.165, 1.54) is 0 Å². The van der Waals surface area contributed by atoms with Gasteiger partial charge in [-0.05, 0) is 32.8 Å². The van der Waals surface area contributed by atoms with Gasteiger partial charge in [0.05, 0.1) is 5.69 Å². The first-order chi connectivity index (χ1) is 9.08. The molecule has 1 aromatic heterocycles. The number of carbonyl (C=O) groups is 1. The standard InChI is InChI=1S/C14H24BrN3O/c1-5-12(6-2)17(9-8-15)14(19)13-10-11(4)16-18(13)7-3/h10,12H,5-9H2,1-4H3. The third-order valence-corrected chi connectivity index (χ3v) is 3.74. The van der Waals surface area contributed by atoms with Crippen LogP contribution in [-0.4, -0.2) is 38.5 Å². The van der Waals surface area contributed by atoms with Crippen LogP contribution in [0, 0.1) is 6.92 Å². The second kappa shape index (κ2) is 7.68. The SMILES string of the molecule is CCC(CC)N(CCBr)C(=O)c1cc(C)nn1CC. The molecule has 0 atom stereocenters. The maximum Gasteiger partial charge on any atom is 0.272 e. The Balaban J connectivity index is 3.04. The molecular weight excluding hydrogens is 306 g/mol. The van der Waals surface area contributed by atoms with Gasteiger partial charge in [0, 0.05) is 24.5 Å². The van der Waals surface area contributed by atoms with Crippen molar-refractivity contribution in [2.45, 2.75) is 53.1 Å². The molecule has 0 aliphatic carbocycles. The van der Waals surface area contributed by atoms with E-state index >= 15 is 0 Å². The summed E-state index contributed by atoms with van der Waals surface area (Å²) in [5.74, 6) is 0.0931. The fourth-order valence-corrected chi connectivity index (χ4v) is 2.76. The number of carbonyl (C=O) groups excluding carboxylic acids is 1. The lowest BCUT2D eigenvalue weighted by molar-refractivity contribution is 0.0670. The number of amides is 1. The Bertz CT molecular complexity index is 413. The van der Waals surface area contributed by atoms with Crippen LogP contribution in [-0.2, 0) is 6.54 Å². The predicted octanol–water partition coefficient (Wildman–Crippen LogP) is 3.24. The van der Waals surface area contributed by atoms with Crippen LogP contribution in [0.3, 0.4) is 0 Å². The number of nitrogens with zero attached hydrogens (tertiary/aromatic N) is 3. The van der Waals surface area contributed by atoms with Crippen LogP contribution in [0.25, 0.3) is 0 Å². The molecule has 0 bridgehead atoms. The Morgan fingerprint density at radius 2 is 2.05 bits per heavy atom. The van der Waals surface area contributed by atoms with Gasteiger partial charge in [0.25, 0.3) is 5.91 Å². The van der Waals surface area contributed by atoms with Crippen molar-refractivity contribution in [2.75, 3.05) is 11.9 Å². The lowest BCUT2D eigenvalue weighted by atomic mass is 10.1. The zero-order chi connectivity index (χ0) is 14.4. The molecule has 1 rings (SSSR count). The zero-order valence-electron chi connectivity index (χ0n) is 12.3. The quantitative estimate of drug-likeness (QED) is 0.720. The van der Waals surface area contributed by atoms with Crippen LogP contribution in [0.5, 0.6) is 0 Å². The Morgan fingerprint density at radius 1 is 1.42 bits per heavy atom. The second-order valence-corrected chi connectivity index (χ2v) is 5.44. The fourth-order valence-electron chi connectivity index (χ4n) is 2.38. The van der Waals surface area contributed by atoms with Gasteiger partial charge in [-0.15, -0.1) is 0 Å². The first kappa shape index (κ1) is 16.2. The highest BCUT2D eigenvalue weighted by Crippen LogP contribution is 2.15. The highest BCUT2D eigenvalue weighted by atomic mass is 79.9. The van der Waals surface area contributed by atoms with Crippen LogP contribution in [0.2, 0.25) is 0 Å². The van der Waals surface area contributed by atoms with Crippen LogP contribution in [0.15, 0.2) is 6.07 Å². The average Bonchev–Trinajstić information content (AvgIpc) is 2.79. The van der Waals surface area contributed by atoms with Gasteiger partial charge in [-0.3, -0.25) is 9.48 Å². The molecule has 0 aliphatic heterocycles. The minimum atomic E-state index is 0.0931. The van der Waals surface area contributed by atoms with E-state index < -0.39 is 0 Å². The number of aromatic nitrogens is 2. The van der Waals surface area contributed by atoms with Gasteiger partial charge in [0.2, 0.25) is 0 Å². The van der Waals surface area contributed by atoms with Gasteiger partial charge in [-0.25, -0.2) is 0 Å². The van der Waals surface area contributed by atoms with E-state index in [1.54, 1.807) is 4.68 Å². The van der Waals surface area contributed by atoms with E-state index in [1.807, 2.05) is 24.8 Å². The Morgan fingerprint density at radius 3 is 2.53 bits per heavy atom. The summed E-state index contributed by atoms with van der Waals surface area (Å²) >= 11 is 3.44. The maximum absolute atomic E-state index is 12.7. The van der Waals surface area contributed by atoms with Crippen molar-refractivity contribution in [1.29, 1.82) is 0 Å². The summed E-state index contributed by atoms with van der Waals surface area (Å²) in [6.07, 6.45) is 1.96. The van der Waals surface area contributed by atoms with Gasteiger partial charge in [0.15, 0.2) is 0 Å². The Hall–Kier alpha value is -0.840. The van der Waals surface area contributed by atoms with E-state index in [4.69, 9.17) is 0 Å². The van der Waals surface area contributed by atoms with Crippen LogP contribution < -0.4 is 0 Å². The van der Waals surface area contributed by atoms with Gasteiger partial charge in [-0.1, -0.05) is 29.8 Å². The molecule has 0 saturated heterocycles. The molecule has 4 nitrogen and oxygen atoms in total. The summed E-state index contributed by atoms with van der Waals surface area (Å²) in [6.45, 7) is 9.65. The summed E-state index contributed by atoms with van der Waals surface area (Å²) in [5, 5.41) is 5.16. The third-order valence-electron chi connectivity index (χ3n) is 3.39. The van der Waals surface area contributed by atoms with Gasteiger partial charge in [-0.2, -0.15) is 5.10 Å². The van der Waals surface area contributed by atoms with Gasteiger partial charge >= 0.3 is 0 Å². The number of hydrogen-bond donors (Lipinski definition) is 0. The molecule has 19 heavy (non-hydrogen) atoms. The highest BCUT2D eigenvalue weighted by molar-refractivity contribution is 9.09. The van der Waals surface area contributed by atoms with Crippen molar-refractivity contribution in [3.05, 3.63) is 17.5 Å². The van der Waals surface area contributed by atoms with Crippen molar-refractivity contribution in [2.24, 2.45) is 0 Å². The zero-order valence-corrected chi connectivity index (χ0v) is 13.9. The predicted molar refractivity (Wildman–Crippen MR) is 81.8 cm³/mol. The first-order valence-corrected chi connectivity index (χ1v) is 8.12. The lowest BCUT2D eigenvalue weighted by Crippen LogP contribution is -2.41. The van der Waals surface area contributed by atoms with Crippen molar-refractivity contribution < 1.29 is 4.79 Å². The lowest BCUT2D eigenvalue weighted by Gasteiger charge is -2.30. The molecule has 0 fully saturated rings. The molecule has 0 aromatic carbocycles. The molecule has 1 aromatic rings. The minimum absolute atomic E-state index is 0.0931. The van der Waals surface area contributed by atoms with Crippen LogP contribution in [0.4, 0.5) is 0 Å². The van der Waals surface area contributed by atoms with E-state index in [0.717, 1.165) is 37.0 Å². The topological polar surface area (TPSA) is 38.1 Å². The van der Waals surface area contributed by atoms with E-state index in [2.05, 4.69) is 34.9 Å². The normalized spacial score (nSPS) is 11.1. The number of alkyl halides is 1. The van der Waals surface area contributed by atoms with Crippen molar-refractivity contribution >= 4 is 21.8 Å². The number of hydrogen-bond acceptors (Lipinski definition) is 2. The maximum atomic E-state index is 12.7. The molecule has 1 amide bonds. The summed E-state index contributed by atoms with van der Waals surface area (Å²) in [5.41, 5.74) is 1.60. The molecule has 0 aliphatic rings. The monoisotopic (exact) mass is 329 g/mol. The minimum Gasteiger partial charge on any atom is -0.334 e. The largest absolute Gasteiger partial charge is 0.334 e. The van der Waals surface area contributed by atoms with Crippen LogP contribution >= 0.6 is 15.9 Å². The number of halogens is 1. The first-order valence-electron chi connectivity index (χ1n) is 7.00. The van der Waals surface area contributed by atoms with E-state index in [9.17, 15) is 4.79 Å². The molecule has 0 N–H and O–H groups in total. The van der Waals surface area contributed by atoms with Crippen molar-refractivity contribution in [3.63, 3.8) is 0 Å². The van der Waals surface area contributed by atoms with Gasteiger partial charge < -0.3 is 4.90 Å². The summed E-state index contributed by atoms with van der Waals surface area (Å²) in [7, 11) is 0. The summed E-state index contributed by atoms with van der Waals surface area (Å²) in [6, 6.07) is 2.18. The van der Waals surface area contributed by atoms with Crippen molar-refractivity contribution in [3.8, 4) is 0 Å². The van der Waals surface area contributed by atoms with E-state index in [-0.39, 0.29) is 5.91 Å². The molecule has 0 radical (unpaired) electrons. The molecule has 108 valence electrons. The molecular formula is C14H24BrN3O. The van der Waals surface area contributed by atoms with E-state index in [0.29, 0.717) is 11.7 Å². The second-order valence-electron chi connectivity index (χ2n) is 4.64. The van der Waals surface area contributed by atoms with Crippen molar-refractivity contribution in [1.82, 2.24) is 14.7 Å². The molecule has 0 spiro atoms. The smallest absolute Gasteiger partial charge is 0.272 e. The average molecular weight is 330 g/mol. The summed E-state index contributed by atoms with van der Waals surface area (Å²) < 4.78 is 1.79. The summed E-state index contributed by atoms with van der Waals surface area (Å²) in [4.78, 5) is 14.7. The van der Waals surface area contributed by atoms with Crippen LogP contribution in [0.1, 0.15) is 49.8 Å². The van der Waals surface area contributed by atoms with Gasteiger partial charge in [0.1, 0.15) is 5.69 Å². The number of rotatable bonds is 7. The Labute approximate surface area is 124 Å². The fraction of sp³-hybridized carbons (Fsp3) is 0.714. The molecule has 0 saturated carbocycles. The third kappa shape index (κ3) is 3.81.